The molecule has 2 N–H and O–H groups in total. The molecule has 3 rings (SSSR count). The largest absolute Gasteiger partial charge is 0.382 e. The number of hydrogen-bond acceptors (Lipinski definition) is 3. The number of benzene rings is 1. The Morgan fingerprint density at radius 1 is 1.20 bits per heavy atom. The van der Waals surface area contributed by atoms with E-state index in [1.807, 2.05) is 12.4 Å². The van der Waals surface area contributed by atoms with E-state index in [0.29, 0.717) is 5.41 Å². The Balaban J connectivity index is 0.00000320. The molecule has 1 aliphatic carbocycles. The van der Waals surface area contributed by atoms with Gasteiger partial charge in [-0.25, -0.2) is 4.98 Å². The summed E-state index contributed by atoms with van der Waals surface area (Å²) >= 11 is 0. The zero-order chi connectivity index (χ0) is 20.4. The van der Waals surface area contributed by atoms with E-state index in [0.717, 1.165) is 63.7 Å². The fourth-order valence-electron chi connectivity index (χ4n) is 4.28. The van der Waals surface area contributed by atoms with Crippen LogP contribution in [-0.2, 0) is 11.3 Å². The Morgan fingerprint density at radius 2 is 2.00 bits per heavy atom. The number of nitrogens with zero attached hydrogens (tertiary/aromatic N) is 3. The number of fused-ring (bicyclic) bond motifs is 1. The van der Waals surface area contributed by atoms with Gasteiger partial charge in [-0.1, -0.05) is 25.0 Å². The maximum absolute atomic E-state index is 5.63. The molecule has 2 aromatic rings. The number of para-hydroxylation sites is 2. The van der Waals surface area contributed by atoms with Gasteiger partial charge in [0.05, 0.1) is 17.4 Å². The molecule has 6 nitrogen and oxygen atoms in total. The molecular weight excluding hydrogens is 489 g/mol. The molecule has 1 aliphatic rings. The number of hydrogen-bond donors (Lipinski definition) is 2. The van der Waals surface area contributed by atoms with Crippen LogP contribution in [0.15, 0.2) is 35.6 Å². The Kier molecular flexibility index (Phi) is 10.9. The monoisotopic (exact) mass is 527 g/mol. The number of guanidine groups is 1. The van der Waals surface area contributed by atoms with Gasteiger partial charge >= 0.3 is 0 Å². The fourth-order valence-corrected chi connectivity index (χ4v) is 4.28. The maximum Gasteiger partial charge on any atom is 0.191 e. The van der Waals surface area contributed by atoms with Gasteiger partial charge in [0.15, 0.2) is 5.96 Å². The first kappa shape index (κ1) is 24.9. The molecule has 1 aromatic heterocycles. The lowest BCUT2D eigenvalue weighted by Crippen LogP contribution is -2.39. The average molecular weight is 527 g/mol. The molecule has 0 unspecified atom stereocenters. The summed E-state index contributed by atoms with van der Waals surface area (Å²) in [7, 11) is 0. The third-order valence-corrected chi connectivity index (χ3v) is 5.96. The van der Waals surface area contributed by atoms with E-state index in [4.69, 9.17) is 9.73 Å². The van der Waals surface area contributed by atoms with Crippen LogP contribution in [0.4, 0.5) is 0 Å². The molecular formula is C23H38IN5O. The Morgan fingerprint density at radius 3 is 2.77 bits per heavy atom. The molecule has 168 valence electrons. The fraction of sp³-hybridized carbons (Fsp3) is 0.652. The van der Waals surface area contributed by atoms with Crippen LogP contribution in [0.2, 0.25) is 0 Å². The highest BCUT2D eigenvalue weighted by Gasteiger charge is 2.33. The normalized spacial score (nSPS) is 15.9. The summed E-state index contributed by atoms with van der Waals surface area (Å²) in [6.45, 7) is 9.46. The average Bonchev–Trinajstić information content (AvgIpc) is 3.37. The molecule has 0 radical (unpaired) electrons. The lowest BCUT2D eigenvalue weighted by atomic mass is 9.83. The van der Waals surface area contributed by atoms with E-state index < -0.39 is 0 Å². The predicted molar refractivity (Wildman–Crippen MR) is 136 cm³/mol. The van der Waals surface area contributed by atoms with Crippen LogP contribution >= 0.6 is 24.0 Å². The second-order valence-electron chi connectivity index (χ2n) is 8.06. The van der Waals surface area contributed by atoms with Crippen LogP contribution in [0.25, 0.3) is 11.0 Å². The lowest BCUT2D eigenvalue weighted by Gasteiger charge is -2.27. The third-order valence-electron chi connectivity index (χ3n) is 5.96. The van der Waals surface area contributed by atoms with Crippen LogP contribution in [0.3, 0.4) is 0 Å². The Bertz CT molecular complexity index is 770. The SMILES string of the molecule is CCNC(=NCC1(CCOCC)CCCC1)NCCCn1cnc2ccccc21.I. The zero-order valence-corrected chi connectivity index (χ0v) is 20.9. The van der Waals surface area contributed by atoms with Crippen LogP contribution in [0.5, 0.6) is 0 Å². The minimum Gasteiger partial charge on any atom is -0.382 e. The smallest absolute Gasteiger partial charge is 0.191 e. The van der Waals surface area contributed by atoms with Crippen molar-refractivity contribution in [1.82, 2.24) is 20.2 Å². The summed E-state index contributed by atoms with van der Waals surface area (Å²) in [5, 5.41) is 6.92. The summed E-state index contributed by atoms with van der Waals surface area (Å²) in [5.74, 6) is 0.936. The van der Waals surface area contributed by atoms with Gasteiger partial charge in [0.2, 0.25) is 0 Å². The summed E-state index contributed by atoms with van der Waals surface area (Å²) in [6, 6.07) is 8.29. The topological polar surface area (TPSA) is 63.5 Å². The molecule has 0 amide bonds. The third kappa shape index (κ3) is 7.11. The number of aliphatic imine (C=N–C) groups is 1. The number of nitrogens with one attached hydrogen (secondary N) is 2. The Hall–Kier alpha value is -1.35. The van der Waals surface area contributed by atoms with Gasteiger partial charge in [-0.05, 0) is 57.1 Å². The van der Waals surface area contributed by atoms with Gasteiger partial charge in [0, 0.05) is 39.4 Å². The van der Waals surface area contributed by atoms with E-state index >= 15 is 0 Å². The summed E-state index contributed by atoms with van der Waals surface area (Å²) < 4.78 is 7.86. The molecule has 0 aliphatic heterocycles. The van der Waals surface area contributed by atoms with Crippen LogP contribution in [0, 0.1) is 5.41 Å². The van der Waals surface area contributed by atoms with Gasteiger partial charge in [-0.15, -0.1) is 24.0 Å². The minimum absolute atomic E-state index is 0. The number of imidazole rings is 1. The summed E-state index contributed by atoms with van der Waals surface area (Å²) in [4.78, 5) is 9.42. The van der Waals surface area contributed by atoms with Crippen molar-refractivity contribution >= 4 is 41.0 Å². The maximum atomic E-state index is 5.63. The molecule has 0 spiro atoms. The van der Waals surface area contributed by atoms with Crippen molar-refractivity contribution in [2.24, 2.45) is 10.4 Å². The summed E-state index contributed by atoms with van der Waals surface area (Å²) in [5.41, 5.74) is 2.59. The Labute approximate surface area is 198 Å². The number of halogens is 1. The molecule has 1 aromatic carbocycles. The highest BCUT2D eigenvalue weighted by Crippen LogP contribution is 2.41. The number of ether oxygens (including phenoxy) is 1. The van der Waals surface area contributed by atoms with Gasteiger partial charge < -0.3 is 19.9 Å². The van der Waals surface area contributed by atoms with Gasteiger partial charge in [-0.2, -0.15) is 0 Å². The van der Waals surface area contributed by atoms with E-state index in [1.165, 1.54) is 31.2 Å². The number of aromatic nitrogens is 2. The van der Waals surface area contributed by atoms with Crippen molar-refractivity contribution in [3.63, 3.8) is 0 Å². The predicted octanol–water partition coefficient (Wildman–Crippen LogP) is 4.59. The molecule has 7 heteroatoms. The highest BCUT2D eigenvalue weighted by atomic mass is 127. The lowest BCUT2D eigenvalue weighted by molar-refractivity contribution is 0.107. The van der Waals surface area contributed by atoms with Crippen molar-refractivity contribution in [1.29, 1.82) is 0 Å². The number of aryl methyl sites for hydroxylation is 1. The van der Waals surface area contributed by atoms with Gasteiger partial charge in [0.25, 0.3) is 0 Å². The van der Waals surface area contributed by atoms with Gasteiger partial charge in [0.1, 0.15) is 0 Å². The molecule has 0 atom stereocenters. The van der Waals surface area contributed by atoms with E-state index in [9.17, 15) is 0 Å². The minimum atomic E-state index is 0. The highest BCUT2D eigenvalue weighted by molar-refractivity contribution is 14.0. The number of rotatable bonds is 11. The van der Waals surface area contributed by atoms with Crippen LogP contribution in [0.1, 0.15) is 52.4 Å². The second kappa shape index (κ2) is 13.1. The molecule has 0 bridgehead atoms. The molecule has 1 fully saturated rings. The van der Waals surface area contributed by atoms with Crippen molar-refractivity contribution in [2.75, 3.05) is 32.8 Å². The second-order valence-corrected chi connectivity index (χ2v) is 8.06. The van der Waals surface area contributed by atoms with Crippen molar-refractivity contribution in [3.8, 4) is 0 Å². The van der Waals surface area contributed by atoms with E-state index in [2.05, 4.69) is 52.2 Å². The summed E-state index contributed by atoms with van der Waals surface area (Å²) in [6.07, 6.45) is 9.28. The van der Waals surface area contributed by atoms with Crippen molar-refractivity contribution in [3.05, 3.63) is 30.6 Å². The first-order chi connectivity index (χ1) is 14.3. The molecule has 1 saturated carbocycles. The molecule has 1 heterocycles. The van der Waals surface area contributed by atoms with Gasteiger partial charge in [-0.3, -0.25) is 4.99 Å². The van der Waals surface area contributed by atoms with Crippen molar-refractivity contribution < 1.29 is 4.74 Å². The standard InChI is InChI=1S/C23H37N5O.HI/c1-3-24-22(26-18-23(12-7-8-13-23)14-17-29-4-2)25-15-9-16-28-19-27-20-10-5-6-11-21(20)28;/h5-6,10-11,19H,3-4,7-9,12-18H2,1-2H3,(H2,24,25,26);1H. The van der Waals surface area contributed by atoms with E-state index in [-0.39, 0.29) is 24.0 Å². The first-order valence-electron chi connectivity index (χ1n) is 11.3. The zero-order valence-electron chi connectivity index (χ0n) is 18.5. The van der Waals surface area contributed by atoms with E-state index in [1.54, 1.807) is 0 Å². The van der Waals surface area contributed by atoms with Crippen molar-refractivity contribution in [2.45, 2.75) is 58.9 Å². The molecule has 0 saturated heterocycles. The molecule has 30 heavy (non-hydrogen) atoms. The quantitative estimate of drug-likeness (QED) is 0.194. The van der Waals surface area contributed by atoms with Crippen LogP contribution < -0.4 is 10.6 Å². The van der Waals surface area contributed by atoms with Crippen LogP contribution in [-0.4, -0.2) is 48.4 Å². The first-order valence-corrected chi connectivity index (χ1v) is 11.3.